The number of rotatable bonds is 3. The molecule has 0 unspecified atom stereocenters. The van der Waals surface area contributed by atoms with E-state index in [1.165, 1.54) is 0 Å². The maximum absolute atomic E-state index is 11.5. The van der Waals surface area contributed by atoms with Crippen LogP contribution < -0.4 is 5.73 Å². The van der Waals surface area contributed by atoms with Crippen LogP contribution in [0.15, 0.2) is 60.9 Å². The molecule has 3 heterocycles. The van der Waals surface area contributed by atoms with Gasteiger partial charge in [-0.2, -0.15) is 0 Å². The van der Waals surface area contributed by atoms with Crippen molar-refractivity contribution in [2.75, 3.05) is 0 Å². The van der Waals surface area contributed by atoms with Crippen molar-refractivity contribution in [2.45, 2.75) is 0 Å². The van der Waals surface area contributed by atoms with Crippen LogP contribution in [0.5, 0.6) is 0 Å². The molecule has 0 aliphatic rings. The van der Waals surface area contributed by atoms with Crippen LogP contribution in [0.25, 0.3) is 33.4 Å². The van der Waals surface area contributed by atoms with E-state index in [0.29, 0.717) is 10.5 Å². The molecule has 4 rings (SSSR count). The summed E-state index contributed by atoms with van der Waals surface area (Å²) in [4.78, 5) is 23.5. The molecule has 0 radical (unpaired) electrons. The summed E-state index contributed by atoms with van der Waals surface area (Å²) in [7, 11) is 0. The van der Waals surface area contributed by atoms with Gasteiger partial charge in [0.1, 0.15) is 5.69 Å². The largest absolute Gasteiger partial charge is 0.364 e. The summed E-state index contributed by atoms with van der Waals surface area (Å²) in [6, 6.07) is 14.8. The first kappa shape index (κ1) is 15.4. The van der Waals surface area contributed by atoms with E-state index in [4.69, 9.17) is 17.3 Å². The fourth-order valence-electron chi connectivity index (χ4n) is 2.86. The van der Waals surface area contributed by atoms with Gasteiger partial charge in [0.2, 0.25) is 0 Å². The van der Waals surface area contributed by atoms with Crippen molar-refractivity contribution < 1.29 is 4.79 Å². The van der Waals surface area contributed by atoms with Crippen molar-refractivity contribution in [1.82, 2.24) is 15.0 Å². The number of H-pyrrole nitrogens is 1. The Morgan fingerprint density at radius 3 is 2.56 bits per heavy atom. The Morgan fingerprint density at radius 1 is 1.04 bits per heavy atom. The number of carbonyl (C=O) groups excluding carboxylic acids is 1. The molecule has 0 saturated heterocycles. The van der Waals surface area contributed by atoms with E-state index in [-0.39, 0.29) is 5.69 Å². The summed E-state index contributed by atoms with van der Waals surface area (Å²) in [5.41, 5.74) is 10.7. The van der Waals surface area contributed by atoms with E-state index in [0.717, 1.165) is 27.9 Å². The quantitative estimate of drug-likeness (QED) is 0.586. The predicted molar refractivity (Wildman–Crippen MR) is 98.3 cm³/mol. The molecule has 1 aromatic carbocycles. The lowest BCUT2D eigenvalue weighted by Crippen LogP contribution is -2.12. The highest BCUT2D eigenvalue weighted by Crippen LogP contribution is 2.38. The van der Waals surface area contributed by atoms with E-state index in [9.17, 15) is 4.79 Å². The standard InChI is InChI=1S/C19H13ClN4O/c20-13-3-1-2-12(10-13)16-17(11-6-8-22-9-7-11)23-14-4-5-15(19(21)25)24-18(14)16/h1-10,23H,(H2,21,25). The molecule has 0 atom stereocenters. The topological polar surface area (TPSA) is 84.7 Å². The first-order chi connectivity index (χ1) is 12.1. The summed E-state index contributed by atoms with van der Waals surface area (Å²) in [5, 5.41) is 0.624. The van der Waals surface area contributed by atoms with Gasteiger partial charge in [0.15, 0.2) is 0 Å². The summed E-state index contributed by atoms with van der Waals surface area (Å²) < 4.78 is 0. The molecule has 122 valence electrons. The number of aromatic amines is 1. The van der Waals surface area contributed by atoms with Crippen LogP contribution in [0, 0.1) is 0 Å². The zero-order valence-electron chi connectivity index (χ0n) is 13.0. The van der Waals surface area contributed by atoms with Crippen LogP contribution in [-0.2, 0) is 0 Å². The van der Waals surface area contributed by atoms with Crippen molar-refractivity contribution in [1.29, 1.82) is 0 Å². The number of carbonyl (C=O) groups is 1. The number of aromatic nitrogens is 3. The van der Waals surface area contributed by atoms with Crippen molar-refractivity contribution in [3.63, 3.8) is 0 Å². The summed E-state index contributed by atoms with van der Waals surface area (Å²) in [5.74, 6) is -0.564. The fourth-order valence-corrected chi connectivity index (χ4v) is 3.05. The minimum absolute atomic E-state index is 0.219. The lowest BCUT2D eigenvalue weighted by Gasteiger charge is -2.06. The van der Waals surface area contributed by atoms with Crippen molar-refractivity contribution >= 4 is 28.5 Å². The molecule has 0 bridgehead atoms. The van der Waals surface area contributed by atoms with Crippen molar-refractivity contribution in [3.05, 3.63) is 71.6 Å². The molecular weight excluding hydrogens is 336 g/mol. The van der Waals surface area contributed by atoms with Crippen LogP contribution in [-0.4, -0.2) is 20.9 Å². The number of hydrogen-bond donors (Lipinski definition) is 2. The van der Waals surface area contributed by atoms with E-state index in [2.05, 4.69) is 15.0 Å². The van der Waals surface area contributed by atoms with Gasteiger partial charge in [-0.05, 0) is 42.0 Å². The number of benzene rings is 1. The highest BCUT2D eigenvalue weighted by Gasteiger charge is 2.18. The van der Waals surface area contributed by atoms with Gasteiger partial charge in [-0.3, -0.25) is 9.78 Å². The van der Waals surface area contributed by atoms with Gasteiger partial charge in [-0.15, -0.1) is 0 Å². The molecule has 3 aromatic heterocycles. The first-order valence-electron chi connectivity index (χ1n) is 7.62. The minimum Gasteiger partial charge on any atom is -0.364 e. The Morgan fingerprint density at radius 2 is 1.84 bits per heavy atom. The SMILES string of the molecule is NC(=O)c1ccc2[nH]c(-c3ccncc3)c(-c3cccc(Cl)c3)c2n1. The van der Waals surface area contributed by atoms with Gasteiger partial charge in [0, 0.05) is 28.5 Å². The second-order valence-electron chi connectivity index (χ2n) is 5.58. The van der Waals surface area contributed by atoms with Crippen LogP contribution >= 0.6 is 11.6 Å². The van der Waals surface area contributed by atoms with Gasteiger partial charge >= 0.3 is 0 Å². The molecule has 5 nitrogen and oxygen atoms in total. The zero-order chi connectivity index (χ0) is 17.4. The lowest BCUT2D eigenvalue weighted by atomic mass is 10.0. The Bertz CT molecular complexity index is 1090. The number of pyridine rings is 2. The fraction of sp³-hybridized carbons (Fsp3) is 0. The third kappa shape index (κ3) is 2.75. The first-order valence-corrected chi connectivity index (χ1v) is 8.00. The Hall–Kier alpha value is -3.18. The minimum atomic E-state index is -0.564. The van der Waals surface area contributed by atoms with Gasteiger partial charge in [-0.1, -0.05) is 23.7 Å². The van der Waals surface area contributed by atoms with Gasteiger partial charge < -0.3 is 10.7 Å². The maximum atomic E-state index is 11.5. The Labute approximate surface area is 148 Å². The van der Waals surface area contributed by atoms with E-state index in [1.807, 2.05) is 36.4 Å². The van der Waals surface area contributed by atoms with Gasteiger partial charge in [0.05, 0.1) is 16.7 Å². The van der Waals surface area contributed by atoms with E-state index in [1.54, 1.807) is 24.5 Å². The summed E-state index contributed by atoms with van der Waals surface area (Å²) >= 11 is 6.18. The predicted octanol–water partition coefficient (Wildman–Crippen LogP) is 4.04. The highest BCUT2D eigenvalue weighted by atomic mass is 35.5. The third-order valence-electron chi connectivity index (χ3n) is 3.98. The van der Waals surface area contributed by atoms with Crippen molar-refractivity contribution in [3.8, 4) is 22.4 Å². The van der Waals surface area contributed by atoms with Crippen LogP contribution in [0.2, 0.25) is 5.02 Å². The lowest BCUT2D eigenvalue weighted by molar-refractivity contribution is 0.0996. The maximum Gasteiger partial charge on any atom is 0.267 e. The molecule has 1 amide bonds. The van der Waals surface area contributed by atoms with E-state index < -0.39 is 5.91 Å². The Balaban J connectivity index is 2.07. The van der Waals surface area contributed by atoms with Crippen LogP contribution in [0.4, 0.5) is 0 Å². The van der Waals surface area contributed by atoms with Crippen molar-refractivity contribution in [2.24, 2.45) is 5.73 Å². The molecular formula is C19H13ClN4O. The normalized spacial score (nSPS) is 10.9. The Kier molecular flexibility index (Phi) is 3.71. The van der Waals surface area contributed by atoms with Crippen LogP contribution in [0.3, 0.4) is 0 Å². The second kappa shape index (κ2) is 6.03. The summed E-state index contributed by atoms with van der Waals surface area (Å²) in [6.07, 6.45) is 3.45. The smallest absolute Gasteiger partial charge is 0.267 e. The number of nitrogens with two attached hydrogens (primary N) is 1. The van der Waals surface area contributed by atoms with Crippen LogP contribution in [0.1, 0.15) is 10.5 Å². The number of halogens is 1. The number of nitrogens with one attached hydrogen (secondary N) is 1. The summed E-state index contributed by atoms with van der Waals surface area (Å²) in [6.45, 7) is 0. The number of fused-ring (bicyclic) bond motifs is 1. The van der Waals surface area contributed by atoms with E-state index >= 15 is 0 Å². The average Bonchev–Trinajstić information content (AvgIpc) is 3.01. The number of hydrogen-bond acceptors (Lipinski definition) is 3. The third-order valence-corrected chi connectivity index (χ3v) is 4.21. The molecule has 4 aromatic rings. The highest BCUT2D eigenvalue weighted by molar-refractivity contribution is 6.31. The van der Waals surface area contributed by atoms with Gasteiger partial charge in [0.25, 0.3) is 5.91 Å². The number of nitrogens with zero attached hydrogens (tertiary/aromatic N) is 2. The molecule has 0 saturated carbocycles. The monoisotopic (exact) mass is 348 g/mol. The molecule has 3 N–H and O–H groups in total. The molecule has 0 aliphatic carbocycles. The molecule has 0 spiro atoms. The molecule has 25 heavy (non-hydrogen) atoms. The van der Waals surface area contributed by atoms with Gasteiger partial charge in [-0.25, -0.2) is 4.98 Å². The molecule has 0 aliphatic heterocycles. The second-order valence-corrected chi connectivity index (χ2v) is 6.01. The molecule has 6 heteroatoms. The number of amides is 1. The average molecular weight is 349 g/mol. The number of primary amides is 1. The zero-order valence-corrected chi connectivity index (χ0v) is 13.8. The molecule has 0 fully saturated rings.